The van der Waals surface area contributed by atoms with Crippen LogP contribution < -0.4 is 5.32 Å². The maximum atomic E-state index is 12.6. The van der Waals surface area contributed by atoms with Gasteiger partial charge in [0.15, 0.2) is 0 Å². The lowest BCUT2D eigenvalue weighted by Gasteiger charge is -2.48. The van der Waals surface area contributed by atoms with Crippen molar-refractivity contribution in [2.24, 2.45) is 23.2 Å². The zero-order chi connectivity index (χ0) is 18.6. The number of esters is 1. The Morgan fingerprint density at radius 3 is 2.89 bits per heavy atom. The summed E-state index contributed by atoms with van der Waals surface area (Å²) in [7, 11) is 0. The molecule has 7 atom stereocenters. The van der Waals surface area contributed by atoms with Gasteiger partial charge in [-0.3, -0.25) is 4.79 Å². The van der Waals surface area contributed by atoms with E-state index in [-0.39, 0.29) is 41.0 Å². The molecule has 2 heterocycles. The van der Waals surface area contributed by atoms with Crippen molar-refractivity contribution in [3.63, 3.8) is 0 Å². The molecule has 2 aliphatic carbocycles. The molecule has 4 heteroatoms. The number of hydrogen-bond acceptors (Lipinski definition) is 4. The molecule has 0 amide bonds. The smallest absolute Gasteiger partial charge is 0.311 e. The maximum absolute atomic E-state index is 12.6. The Bertz CT molecular complexity index is 722. The molecule has 3 unspecified atom stereocenters. The number of fused-ring (bicyclic) bond motifs is 2. The Morgan fingerprint density at radius 2 is 2.07 bits per heavy atom. The van der Waals surface area contributed by atoms with Crippen LogP contribution in [0.1, 0.15) is 45.1 Å². The number of rotatable bonds is 5. The second-order valence-corrected chi connectivity index (χ2v) is 9.49. The molecule has 1 N–H and O–H groups in total. The molecule has 2 aliphatic heterocycles. The zero-order valence-corrected chi connectivity index (χ0v) is 16.4. The van der Waals surface area contributed by atoms with Gasteiger partial charge in [-0.1, -0.05) is 50.6 Å². The lowest BCUT2D eigenvalue weighted by atomic mass is 9.53. The van der Waals surface area contributed by atoms with Crippen LogP contribution in [0.4, 0.5) is 0 Å². The molecule has 1 aromatic carbocycles. The van der Waals surface area contributed by atoms with Crippen molar-refractivity contribution in [3.8, 4) is 0 Å². The van der Waals surface area contributed by atoms with Crippen LogP contribution in [0.5, 0.6) is 0 Å². The van der Waals surface area contributed by atoms with Gasteiger partial charge in [0.25, 0.3) is 0 Å². The average Bonchev–Trinajstić information content (AvgIpc) is 3.34. The van der Waals surface area contributed by atoms with Crippen LogP contribution in [-0.4, -0.2) is 36.9 Å². The first-order chi connectivity index (χ1) is 13.1. The van der Waals surface area contributed by atoms with E-state index in [1.54, 1.807) is 0 Å². The minimum atomic E-state index is -0.0613. The number of hydrogen-bond donors (Lipinski definition) is 1. The van der Waals surface area contributed by atoms with Gasteiger partial charge in [-0.25, -0.2) is 0 Å². The van der Waals surface area contributed by atoms with Crippen molar-refractivity contribution in [1.82, 2.24) is 5.32 Å². The fourth-order valence-corrected chi connectivity index (χ4v) is 6.60. The van der Waals surface area contributed by atoms with E-state index in [0.29, 0.717) is 12.5 Å². The van der Waals surface area contributed by atoms with Crippen LogP contribution in [0.2, 0.25) is 0 Å². The minimum Gasteiger partial charge on any atom is -0.462 e. The second-order valence-electron chi connectivity index (χ2n) is 9.49. The quantitative estimate of drug-likeness (QED) is 0.491. The van der Waals surface area contributed by atoms with Gasteiger partial charge in [-0.2, -0.15) is 0 Å². The van der Waals surface area contributed by atoms with E-state index in [4.69, 9.17) is 9.47 Å². The summed E-state index contributed by atoms with van der Waals surface area (Å²) in [6.07, 6.45) is 5.94. The van der Waals surface area contributed by atoms with Gasteiger partial charge in [-0.05, 0) is 43.7 Å². The van der Waals surface area contributed by atoms with Gasteiger partial charge in [0.05, 0.1) is 12.0 Å². The van der Waals surface area contributed by atoms with Gasteiger partial charge in [-0.15, -0.1) is 0 Å². The molecule has 0 radical (unpaired) electrons. The van der Waals surface area contributed by atoms with Gasteiger partial charge in [0, 0.05) is 17.9 Å². The largest absolute Gasteiger partial charge is 0.462 e. The normalized spacial score (nSPS) is 44.8. The summed E-state index contributed by atoms with van der Waals surface area (Å²) < 4.78 is 12.4. The van der Waals surface area contributed by atoms with Crippen molar-refractivity contribution in [2.75, 3.05) is 13.1 Å². The van der Waals surface area contributed by atoms with Crippen molar-refractivity contribution >= 4 is 5.97 Å². The Hall–Kier alpha value is -1.39. The molecule has 4 nitrogen and oxygen atoms in total. The van der Waals surface area contributed by atoms with Gasteiger partial charge in [0.1, 0.15) is 11.7 Å². The third-order valence-electron chi connectivity index (χ3n) is 7.99. The number of carbonyl (C=O) groups is 1. The molecule has 0 aromatic heterocycles. The first kappa shape index (κ1) is 17.7. The Balaban J connectivity index is 1.25. The van der Waals surface area contributed by atoms with Crippen LogP contribution in [0.15, 0.2) is 30.3 Å². The number of ether oxygens (including phenoxy) is 2. The van der Waals surface area contributed by atoms with Gasteiger partial charge < -0.3 is 14.8 Å². The molecule has 2 saturated carbocycles. The third-order valence-corrected chi connectivity index (χ3v) is 7.99. The molecule has 4 aliphatic rings. The van der Waals surface area contributed by atoms with E-state index >= 15 is 0 Å². The molecule has 0 bridgehead atoms. The van der Waals surface area contributed by atoms with E-state index in [1.165, 1.54) is 24.8 Å². The summed E-state index contributed by atoms with van der Waals surface area (Å²) in [5.41, 5.74) is 1.50. The average molecular weight is 370 g/mol. The number of epoxide rings is 1. The van der Waals surface area contributed by atoms with E-state index in [1.807, 2.05) is 6.07 Å². The van der Waals surface area contributed by atoms with Crippen LogP contribution >= 0.6 is 0 Å². The topological polar surface area (TPSA) is 50.9 Å². The number of benzene rings is 1. The van der Waals surface area contributed by atoms with Crippen LogP contribution in [-0.2, 0) is 20.7 Å². The lowest BCUT2D eigenvalue weighted by Crippen LogP contribution is -2.54. The van der Waals surface area contributed by atoms with Crippen molar-refractivity contribution in [2.45, 2.75) is 63.8 Å². The number of carbonyl (C=O) groups excluding carboxylic acids is 1. The molecular formula is C23H31NO3. The Labute approximate surface area is 162 Å². The molecule has 1 aromatic rings. The highest BCUT2D eigenvalue weighted by Crippen LogP contribution is 2.70. The predicted octanol–water partition coefficient (Wildman–Crippen LogP) is 3.34. The summed E-state index contributed by atoms with van der Waals surface area (Å²) in [5, 5.41) is 3.51. The highest BCUT2D eigenvalue weighted by Gasteiger charge is 2.78. The van der Waals surface area contributed by atoms with Crippen molar-refractivity contribution < 1.29 is 14.3 Å². The predicted molar refractivity (Wildman–Crippen MR) is 103 cm³/mol. The summed E-state index contributed by atoms with van der Waals surface area (Å²) >= 11 is 0. The van der Waals surface area contributed by atoms with Crippen molar-refractivity contribution in [3.05, 3.63) is 35.9 Å². The molecule has 5 rings (SSSR count). The lowest BCUT2D eigenvalue weighted by molar-refractivity contribution is -0.146. The summed E-state index contributed by atoms with van der Waals surface area (Å²) in [4.78, 5) is 12.6. The van der Waals surface area contributed by atoms with E-state index in [0.717, 1.165) is 19.4 Å². The van der Waals surface area contributed by atoms with Gasteiger partial charge in [0.2, 0.25) is 0 Å². The van der Waals surface area contributed by atoms with Crippen molar-refractivity contribution in [1.29, 1.82) is 0 Å². The highest BCUT2D eigenvalue weighted by molar-refractivity contribution is 5.76. The van der Waals surface area contributed by atoms with Crippen LogP contribution in [0, 0.1) is 23.2 Å². The van der Waals surface area contributed by atoms with E-state index < -0.39 is 0 Å². The zero-order valence-electron chi connectivity index (χ0n) is 16.4. The maximum Gasteiger partial charge on any atom is 0.311 e. The Morgan fingerprint density at radius 1 is 1.26 bits per heavy atom. The van der Waals surface area contributed by atoms with E-state index in [9.17, 15) is 4.79 Å². The molecule has 4 fully saturated rings. The fourth-order valence-electron chi connectivity index (χ4n) is 6.60. The fraction of sp³-hybridized carbons (Fsp3) is 0.696. The SMILES string of the molecule is C[C@H]1CCC[C@]2(C)C[C@H]3OC(=O)C(CNCCc4ccccc4)[C@H]3C3OC312. The summed E-state index contributed by atoms with van der Waals surface area (Å²) in [6, 6.07) is 10.5. The van der Waals surface area contributed by atoms with E-state index in [2.05, 4.69) is 43.4 Å². The molecule has 2 saturated heterocycles. The first-order valence-electron chi connectivity index (χ1n) is 10.7. The van der Waals surface area contributed by atoms with Gasteiger partial charge >= 0.3 is 5.97 Å². The monoisotopic (exact) mass is 369 g/mol. The molecule has 146 valence electrons. The molecular weight excluding hydrogens is 338 g/mol. The minimum absolute atomic E-state index is 0.00266. The van der Waals surface area contributed by atoms with Crippen LogP contribution in [0.25, 0.3) is 0 Å². The summed E-state index contributed by atoms with van der Waals surface area (Å²) in [5.74, 6) is 0.742. The molecule has 1 spiro atoms. The van der Waals surface area contributed by atoms with Crippen LogP contribution in [0.3, 0.4) is 0 Å². The third kappa shape index (κ3) is 2.60. The molecule has 27 heavy (non-hydrogen) atoms. The Kier molecular flexibility index (Phi) is 4.14. The summed E-state index contributed by atoms with van der Waals surface area (Å²) in [6.45, 7) is 6.31. The highest BCUT2D eigenvalue weighted by atomic mass is 16.6. The number of nitrogens with one attached hydrogen (secondary N) is 1. The first-order valence-corrected chi connectivity index (χ1v) is 10.7. The standard InChI is InChI=1S/C23H31NO3/c1-15-7-6-11-22(2)13-18-19(20-23(15,22)27-20)17(21(25)26-18)14-24-12-10-16-8-4-3-5-9-16/h3-5,8-9,15,17-20,24H,6-7,10-14H2,1-2H3/t15-,17?,18+,19+,20?,22+,23?/m0/s1. The second kappa shape index (κ2) is 6.31.